The van der Waals surface area contributed by atoms with Crippen LogP contribution in [0.25, 0.3) is 0 Å². The number of quaternary nitrogens is 1. The van der Waals surface area contributed by atoms with E-state index < -0.39 is 5.97 Å². The minimum Gasteiger partial charge on any atom is -0.506 e. The van der Waals surface area contributed by atoms with Gasteiger partial charge in [-0.25, -0.2) is 4.79 Å². The number of ether oxygens (including phenoxy) is 1. The highest BCUT2D eigenvalue weighted by atomic mass is 16.5. The van der Waals surface area contributed by atoms with Gasteiger partial charge in [0, 0.05) is 5.56 Å². The average Bonchev–Trinajstić information content (AvgIpc) is 2.28. The molecule has 18 heavy (non-hydrogen) atoms. The van der Waals surface area contributed by atoms with Crippen LogP contribution in [0, 0.1) is 0 Å². The maximum Gasteiger partial charge on any atom is 0.396 e. The topological polar surface area (TPSA) is 46.5 Å². The van der Waals surface area contributed by atoms with Crippen molar-refractivity contribution in [2.75, 3.05) is 20.2 Å². The molecule has 1 unspecified atom stereocenters. The van der Waals surface area contributed by atoms with E-state index in [0.29, 0.717) is 29.9 Å². The molecule has 96 valence electrons. The fourth-order valence-corrected chi connectivity index (χ4v) is 2.42. The number of hydrogen-bond donors (Lipinski definition) is 1. The first-order valence-electron chi connectivity index (χ1n) is 5.99. The maximum absolute atomic E-state index is 11.8. The van der Waals surface area contributed by atoms with Crippen molar-refractivity contribution in [1.82, 2.24) is 0 Å². The van der Waals surface area contributed by atoms with Gasteiger partial charge in [-0.1, -0.05) is 30.3 Å². The Hall–Kier alpha value is -1.81. The smallest absolute Gasteiger partial charge is 0.396 e. The Kier molecular flexibility index (Phi) is 3.39. The Bertz CT molecular complexity index is 477. The Morgan fingerprint density at radius 3 is 2.67 bits per heavy atom. The second kappa shape index (κ2) is 4.82. The minimum absolute atomic E-state index is 0.0399. The molecule has 1 aliphatic heterocycles. The molecule has 4 nitrogen and oxygen atoms in total. The molecule has 1 atom stereocenters. The molecule has 1 heterocycles. The Morgan fingerprint density at radius 1 is 1.39 bits per heavy atom. The van der Waals surface area contributed by atoms with Crippen LogP contribution in [0.3, 0.4) is 0 Å². The van der Waals surface area contributed by atoms with Crippen LogP contribution in [0.2, 0.25) is 0 Å². The van der Waals surface area contributed by atoms with Gasteiger partial charge in [-0.2, -0.15) is 0 Å². The van der Waals surface area contributed by atoms with Crippen molar-refractivity contribution in [1.29, 1.82) is 0 Å². The Labute approximate surface area is 107 Å². The van der Waals surface area contributed by atoms with E-state index in [4.69, 9.17) is 4.74 Å². The molecule has 0 spiro atoms. The molecule has 1 aromatic carbocycles. The number of esters is 1. The number of benzene rings is 1. The first-order valence-corrected chi connectivity index (χ1v) is 5.99. The lowest BCUT2D eigenvalue weighted by atomic mass is 10.1. The lowest BCUT2D eigenvalue weighted by Crippen LogP contribution is -2.51. The predicted octanol–water partition coefficient (Wildman–Crippen LogP) is 1.98. The van der Waals surface area contributed by atoms with Crippen LogP contribution in [-0.4, -0.2) is 35.8 Å². The van der Waals surface area contributed by atoms with Crippen molar-refractivity contribution in [3.8, 4) is 0 Å². The molecule has 1 aromatic rings. The standard InChI is InChI=1S/C14H17NO3/c1-11(16)13-14(17)18-9-8-15(13,2)10-12-6-4-3-5-7-12/h3-7H,8-10H2,1-2H3/p+1. The first kappa shape index (κ1) is 12.6. The van der Waals surface area contributed by atoms with Crippen LogP contribution in [0.5, 0.6) is 0 Å². The second-order valence-corrected chi connectivity index (χ2v) is 4.83. The summed E-state index contributed by atoms with van der Waals surface area (Å²) in [5.41, 5.74) is 1.48. The molecule has 0 aromatic heterocycles. The van der Waals surface area contributed by atoms with E-state index in [2.05, 4.69) is 0 Å². The van der Waals surface area contributed by atoms with E-state index in [1.165, 1.54) is 6.92 Å². The number of morpholine rings is 1. The summed E-state index contributed by atoms with van der Waals surface area (Å²) >= 11 is 0. The lowest BCUT2D eigenvalue weighted by molar-refractivity contribution is -0.887. The van der Waals surface area contributed by atoms with E-state index in [1.54, 1.807) is 0 Å². The zero-order valence-corrected chi connectivity index (χ0v) is 10.7. The number of rotatable bonds is 2. The number of aliphatic hydroxyl groups is 1. The molecule has 0 amide bonds. The minimum atomic E-state index is -0.417. The van der Waals surface area contributed by atoms with Crippen molar-refractivity contribution in [3.63, 3.8) is 0 Å². The highest BCUT2D eigenvalue weighted by molar-refractivity contribution is 5.86. The molecular weight excluding hydrogens is 230 g/mol. The second-order valence-electron chi connectivity index (χ2n) is 4.83. The van der Waals surface area contributed by atoms with Crippen LogP contribution < -0.4 is 0 Å². The van der Waals surface area contributed by atoms with Gasteiger partial charge >= 0.3 is 5.97 Å². The summed E-state index contributed by atoms with van der Waals surface area (Å²) in [6.45, 7) is 3.26. The molecular formula is C14H18NO3+. The quantitative estimate of drug-likeness (QED) is 0.377. The van der Waals surface area contributed by atoms with E-state index in [1.807, 2.05) is 37.4 Å². The predicted molar refractivity (Wildman–Crippen MR) is 67.5 cm³/mol. The fraction of sp³-hybridized carbons (Fsp3) is 0.357. The van der Waals surface area contributed by atoms with Crippen LogP contribution in [0.4, 0.5) is 0 Å². The normalized spacial score (nSPS) is 26.7. The van der Waals surface area contributed by atoms with Gasteiger partial charge in [0.15, 0.2) is 5.76 Å². The van der Waals surface area contributed by atoms with Crippen molar-refractivity contribution in [2.24, 2.45) is 0 Å². The van der Waals surface area contributed by atoms with Crippen LogP contribution in [0.15, 0.2) is 41.8 Å². The highest BCUT2D eigenvalue weighted by Crippen LogP contribution is 2.26. The third kappa shape index (κ3) is 2.38. The summed E-state index contributed by atoms with van der Waals surface area (Å²) < 4.78 is 5.39. The SMILES string of the molecule is C/C(O)=C1\C(=O)OCC[N+]1(C)Cc1ccccc1. The van der Waals surface area contributed by atoms with Crippen molar-refractivity contribution in [2.45, 2.75) is 13.5 Å². The summed E-state index contributed by atoms with van der Waals surface area (Å²) in [5.74, 6) is -0.377. The number of likely N-dealkylation sites (N-methyl/N-ethyl adjacent to an activating group) is 1. The molecule has 1 saturated heterocycles. The molecule has 0 bridgehead atoms. The summed E-state index contributed by atoms with van der Waals surface area (Å²) in [6, 6.07) is 9.95. The van der Waals surface area contributed by atoms with E-state index in [-0.39, 0.29) is 5.76 Å². The van der Waals surface area contributed by atoms with E-state index >= 15 is 0 Å². The fourth-order valence-electron chi connectivity index (χ4n) is 2.42. The average molecular weight is 248 g/mol. The van der Waals surface area contributed by atoms with Crippen LogP contribution in [0.1, 0.15) is 12.5 Å². The van der Waals surface area contributed by atoms with Gasteiger partial charge in [0.05, 0.1) is 7.05 Å². The molecule has 0 aliphatic carbocycles. The third-order valence-electron chi connectivity index (χ3n) is 3.27. The summed E-state index contributed by atoms with van der Waals surface area (Å²) in [7, 11) is 1.95. The Balaban J connectivity index is 2.33. The third-order valence-corrected chi connectivity index (χ3v) is 3.27. The number of carbonyl (C=O) groups excluding carboxylic acids is 1. The van der Waals surface area contributed by atoms with Crippen LogP contribution in [-0.2, 0) is 16.1 Å². The molecule has 0 radical (unpaired) electrons. The molecule has 2 rings (SSSR count). The van der Waals surface area contributed by atoms with E-state index in [9.17, 15) is 9.90 Å². The van der Waals surface area contributed by atoms with Gasteiger partial charge in [0.25, 0.3) is 5.70 Å². The largest absolute Gasteiger partial charge is 0.506 e. The number of aliphatic hydroxyl groups excluding tert-OH is 1. The number of cyclic esters (lactones) is 1. The van der Waals surface area contributed by atoms with E-state index in [0.717, 1.165) is 5.56 Å². The van der Waals surface area contributed by atoms with Gasteiger partial charge in [0.2, 0.25) is 0 Å². The molecule has 1 N–H and O–H groups in total. The molecule has 1 fully saturated rings. The Morgan fingerprint density at radius 2 is 2.06 bits per heavy atom. The monoisotopic (exact) mass is 248 g/mol. The molecule has 4 heteroatoms. The van der Waals surface area contributed by atoms with Crippen molar-refractivity contribution < 1.29 is 19.1 Å². The number of hydrogen-bond acceptors (Lipinski definition) is 3. The highest BCUT2D eigenvalue weighted by Gasteiger charge is 2.40. The first-order chi connectivity index (χ1) is 8.53. The summed E-state index contributed by atoms with van der Waals surface area (Å²) in [4.78, 5) is 11.8. The van der Waals surface area contributed by atoms with Gasteiger partial charge in [-0.05, 0) is 6.92 Å². The molecule has 0 saturated carbocycles. The lowest BCUT2D eigenvalue weighted by Gasteiger charge is -2.37. The van der Waals surface area contributed by atoms with Gasteiger partial charge < -0.3 is 9.84 Å². The van der Waals surface area contributed by atoms with Gasteiger partial charge in [-0.3, -0.25) is 4.48 Å². The number of nitrogens with zero attached hydrogens (tertiary/aromatic N) is 1. The zero-order valence-electron chi connectivity index (χ0n) is 10.7. The summed E-state index contributed by atoms with van der Waals surface area (Å²) in [5, 5.41) is 9.72. The van der Waals surface area contributed by atoms with Crippen molar-refractivity contribution >= 4 is 5.97 Å². The molecule has 1 aliphatic rings. The van der Waals surface area contributed by atoms with Crippen LogP contribution >= 0.6 is 0 Å². The van der Waals surface area contributed by atoms with Gasteiger partial charge in [0.1, 0.15) is 19.7 Å². The van der Waals surface area contributed by atoms with Gasteiger partial charge in [-0.15, -0.1) is 0 Å². The maximum atomic E-state index is 11.8. The zero-order chi connectivity index (χ0) is 13.2. The van der Waals surface area contributed by atoms with Crippen molar-refractivity contribution in [3.05, 3.63) is 47.4 Å². The summed E-state index contributed by atoms with van der Waals surface area (Å²) in [6.07, 6.45) is 0. The number of carbonyl (C=O) groups is 1. The number of allylic oxidation sites excluding steroid dienone is 1.